The number of aromatic nitrogens is 1. The van der Waals surface area contributed by atoms with Crippen molar-refractivity contribution in [1.29, 1.82) is 0 Å². The molecule has 1 aromatic carbocycles. The number of rotatable bonds is 8. The fourth-order valence-corrected chi connectivity index (χ4v) is 3.56. The van der Waals surface area contributed by atoms with Crippen LogP contribution in [0.5, 0.6) is 0 Å². The zero-order chi connectivity index (χ0) is 20.0. The van der Waals surface area contributed by atoms with E-state index in [0.717, 1.165) is 23.5 Å². The summed E-state index contributed by atoms with van der Waals surface area (Å²) in [5, 5.41) is 3.85. The summed E-state index contributed by atoms with van der Waals surface area (Å²) in [4.78, 5) is 33.6. The molecule has 0 aliphatic heterocycles. The third kappa shape index (κ3) is 6.61. The molecule has 0 saturated carbocycles. The number of hydrogen-bond acceptors (Lipinski definition) is 4. The van der Waals surface area contributed by atoms with Crippen LogP contribution >= 0.6 is 22.9 Å². The van der Waals surface area contributed by atoms with Crippen molar-refractivity contribution < 1.29 is 14.5 Å². The Balaban J connectivity index is 2.08. The Hall–Kier alpha value is -1.96. The van der Waals surface area contributed by atoms with Gasteiger partial charge < -0.3 is 15.1 Å². The van der Waals surface area contributed by atoms with Crippen LogP contribution in [0.15, 0.2) is 24.3 Å². The standard InChI is InChI=1S/C19H25ClN4O2S/c1-13-14(2)27-19(21-13)22-17(25)12-24(10-6-9-23(3)4)18(26)15-7-5-8-16(20)11-15/h5,7-8,11H,6,9-10,12H2,1-4H3,(H,21,22,25)/p+1. The van der Waals surface area contributed by atoms with Crippen LogP contribution in [0.4, 0.5) is 5.13 Å². The van der Waals surface area contributed by atoms with Gasteiger partial charge in [0.15, 0.2) is 5.13 Å². The van der Waals surface area contributed by atoms with Gasteiger partial charge in [0, 0.05) is 28.4 Å². The van der Waals surface area contributed by atoms with E-state index in [9.17, 15) is 9.59 Å². The molecule has 8 heteroatoms. The largest absolute Gasteiger partial charge is 0.340 e. The molecule has 2 aromatic rings. The van der Waals surface area contributed by atoms with E-state index in [2.05, 4.69) is 24.4 Å². The number of benzene rings is 1. The average molecular weight is 410 g/mol. The van der Waals surface area contributed by atoms with Crippen molar-refractivity contribution in [2.75, 3.05) is 39.0 Å². The Morgan fingerprint density at radius 2 is 2.04 bits per heavy atom. The van der Waals surface area contributed by atoms with Crippen LogP contribution in [0.2, 0.25) is 5.02 Å². The fourth-order valence-electron chi connectivity index (χ4n) is 2.54. The topological polar surface area (TPSA) is 66.7 Å². The Labute approximate surface area is 169 Å². The van der Waals surface area contributed by atoms with Crippen LogP contribution < -0.4 is 10.2 Å². The molecular weight excluding hydrogens is 384 g/mol. The molecule has 1 heterocycles. The molecule has 0 radical (unpaired) electrons. The maximum Gasteiger partial charge on any atom is 0.254 e. The van der Waals surface area contributed by atoms with Gasteiger partial charge in [0.2, 0.25) is 5.91 Å². The summed E-state index contributed by atoms with van der Waals surface area (Å²) in [5.74, 6) is -0.454. The number of amides is 2. The molecule has 0 saturated heterocycles. The van der Waals surface area contributed by atoms with Crippen LogP contribution in [0.3, 0.4) is 0 Å². The zero-order valence-corrected chi connectivity index (χ0v) is 17.7. The van der Waals surface area contributed by atoms with E-state index in [1.807, 2.05) is 13.8 Å². The summed E-state index contributed by atoms with van der Waals surface area (Å²) in [7, 11) is 4.12. The third-order valence-corrected chi connectivity index (χ3v) is 5.30. The van der Waals surface area contributed by atoms with Crippen molar-refractivity contribution in [1.82, 2.24) is 9.88 Å². The van der Waals surface area contributed by atoms with Gasteiger partial charge in [-0.05, 0) is 32.0 Å². The quantitative estimate of drug-likeness (QED) is 0.701. The average Bonchev–Trinajstić information content (AvgIpc) is 2.90. The van der Waals surface area contributed by atoms with E-state index < -0.39 is 0 Å². The highest BCUT2D eigenvalue weighted by atomic mass is 35.5. The van der Waals surface area contributed by atoms with E-state index in [1.165, 1.54) is 16.2 Å². The Bertz CT molecular complexity index is 787. The Morgan fingerprint density at radius 3 is 2.63 bits per heavy atom. The number of nitrogens with zero attached hydrogens (tertiary/aromatic N) is 2. The van der Waals surface area contributed by atoms with E-state index in [1.54, 1.807) is 29.2 Å². The molecule has 0 aliphatic carbocycles. The lowest BCUT2D eigenvalue weighted by atomic mass is 10.2. The van der Waals surface area contributed by atoms with Gasteiger partial charge in [-0.2, -0.15) is 0 Å². The summed E-state index contributed by atoms with van der Waals surface area (Å²) < 4.78 is 0. The highest BCUT2D eigenvalue weighted by Gasteiger charge is 2.20. The number of carbonyl (C=O) groups excluding carboxylic acids is 2. The normalized spacial score (nSPS) is 10.9. The second-order valence-corrected chi connectivity index (χ2v) is 8.40. The number of aryl methyl sites for hydroxylation is 2. The van der Waals surface area contributed by atoms with Crippen molar-refractivity contribution in [2.45, 2.75) is 20.3 Å². The summed E-state index contributed by atoms with van der Waals surface area (Å²) >= 11 is 7.44. The monoisotopic (exact) mass is 409 g/mol. The summed E-state index contributed by atoms with van der Waals surface area (Å²) in [6.07, 6.45) is 0.803. The number of quaternary nitrogens is 1. The molecule has 0 bridgehead atoms. The molecule has 0 unspecified atom stereocenters. The molecule has 0 aliphatic rings. The van der Waals surface area contributed by atoms with Crippen molar-refractivity contribution in [3.63, 3.8) is 0 Å². The van der Waals surface area contributed by atoms with Gasteiger partial charge in [0.05, 0.1) is 26.3 Å². The van der Waals surface area contributed by atoms with Gasteiger partial charge >= 0.3 is 0 Å². The number of nitrogens with one attached hydrogen (secondary N) is 2. The molecule has 27 heavy (non-hydrogen) atoms. The maximum absolute atomic E-state index is 12.9. The number of halogens is 1. The molecule has 2 amide bonds. The van der Waals surface area contributed by atoms with Crippen LogP contribution in [0.25, 0.3) is 0 Å². The van der Waals surface area contributed by atoms with E-state index >= 15 is 0 Å². The molecule has 2 rings (SSSR count). The van der Waals surface area contributed by atoms with E-state index in [0.29, 0.717) is 22.3 Å². The summed E-state index contributed by atoms with van der Waals surface area (Å²) in [5.41, 5.74) is 1.38. The summed E-state index contributed by atoms with van der Waals surface area (Å²) in [6.45, 7) is 5.25. The smallest absolute Gasteiger partial charge is 0.254 e. The number of carbonyl (C=O) groups is 2. The van der Waals surface area contributed by atoms with Crippen molar-refractivity contribution in [2.24, 2.45) is 0 Å². The lowest BCUT2D eigenvalue weighted by Gasteiger charge is -2.22. The highest BCUT2D eigenvalue weighted by Crippen LogP contribution is 2.21. The van der Waals surface area contributed by atoms with Crippen LogP contribution in [0.1, 0.15) is 27.3 Å². The molecule has 2 N–H and O–H groups in total. The lowest BCUT2D eigenvalue weighted by Crippen LogP contribution is -3.05. The first kappa shape index (κ1) is 21.3. The molecule has 6 nitrogen and oxygen atoms in total. The van der Waals surface area contributed by atoms with Crippen molar-refractivity contribution in [3.8, 4) is 0 Å². The van der Waals surface area contributed by atoms with Crippen LogP contribution in [-0.2, 0) is 4.79 Å². The predicted octanol–water partition coefficient (Wildman–Crippen LogP) is 2.03. The van der Waals surface area contributed by atoms with Crippen LogP contribution in [0, 0.1) is 13.8 Å². The first-order valence-electron chi connectivity index (χ1n) is 8.84. The van der Waals surface area contributed by atoms with Crippen molar-refractivity contribution >= 4 is 39.9 Å². The molecule has 0 spiro atoms. The van der Waals surface area contributed by atoms with Gasteiger partial charge in [-0.15, -0.1) is 11.3 Å². The SMILES string of the molecule is Cc1nc(NC(=O)CN(CCC[NH+](C)C)C(=O)c2cccc(Cl)c2)sc1C. The molecule has 1 aromatic heterocycles. The molecule has 146 valence electrons. The van der Waals surface area contributed by atoms with E-state index in [-0.39, 0.29) is 18.4 Å². The summed E-state index contributed by atoms with van der Waals surface area (Å²) in [6, 6.07) is 6.79. The van der Waals surface area contributed by atoms with Gasteiger partial charge in [0.25, 0.3) is 5.91 Å². The fraction of sp³-hybridized carbons (Fsp3) is 0.421. The van der Waals surface area contributed by atoms with Gasteiger partial charge in [-0.25, -0.2) is 4.98 Å². The zero-order valence-electron chi connectivity index (χ0n) is 16.1. The van der Waals surface area contributed by atoms with Gasteiger partial charge in [-0.1, -0.05) is 17.7 Å². The first-order chi connectivity index (χ1) is 12.8. The lowest BCUT2D eigenvalue weighted by molar-refractivity contribution is -0.858. The molecule has 0 atom stereocenters. The van der Waals surface area contributed by atoms with Crippen molar-refractivity contribution in [3.05, 3.63) is 45.4 Å². The minimum atomic E-state index is -0.253. The second-order valence-electron chi connectivity index (χ2n) is 6.76. The Kier molecular flexibility index (Phi) is 7.77. The molecule has 0 fully saturated rings. The first-order valence-corrected chi connectivity index (χ1v) is 10.0. The number of anilines is 1. The number of hydrogen-bond donors (Lipinski definition) is 2. The van der Waals surface area contributed by atoms with E-state index in [4.69, 9.17) is 11.6 Å². The van der Waals surface area contributed by atoms with Gasteiger partial charge in [0.1, 0.15) is 6.54 Å². The highest BCUT2D eigenvalue weighted by molar-refractivity contribution is 7.15. The predicted molar refractivity (Wildman–Crippen MR) is 110 cm³/mol. The minimum Gasteiger partial charge on any atom is -0.340 e. The van der Waals surface area contributed by atoms with Crippen LogP contribution in [-0.4, -0.2) is 55.4 Å². The third-order valence-electron chi connectivity index (χ3n) is 4.07. The maximum atomic E-state index is 12.9. The molecular formula is C19H26ClN4O2S+. The second kappa shape index (κ2) is 9.82. The number of thiazole rings is 1. The van der Waals surface area contributed by atoms with Gasteiger partial charge in [-0.3, -0.25) is 9.59 Å². The Morgan fingerprint density at radius 1 is 1.30 bits per heavy atom. The minimum absolute atomic E-state index is 0.0220.